The third-order valence-corrected chi connectivity index (χ3v) is 16.7. The van der Waals surface area contributed by atoms with E-state index in [9.17, 15) is 77.3 Å². The Balaban J connectivity index is 1.56. The Hall–Kier alpha value is -7.10. The van der Waals surface area contributed by atoms with Crippen LogP contribution < -0.4 is 75.3 Å². The number of thioether (sulfide) groups is 2. The number of aliphatic hydroxyl groups is 2. The highest BCUT2D eigenvalue weighted by Crippen LogP contribution is 2.33. The van der Waals surface area contributed by atoms with Gasteiger partial charge in [0.1, 0.15) is 36.3 Å². The molecule has 31 nitrogen and oxygen atoms in total. The van der Waals surface area contributed by atoms with Crippen LogP contribution in [-0.4, -0.2) is 220 Å². The van der Waals surface area contributed by atoms with Crippen LogP contribution in [-0.2, 0) is 62.3 Å². The maximum atomic E-state index is 13.6. The molecule has 0 radical (unpaired) electrons. The standard InChI is InChI=1S/C54H89N15O16S2/c1-5-6-13-31(61-40(73)20-23-69-44(77)18-19-45(69)78)48(80)58-25-42(75)63-35(28-71)52(84)65-33(14-9-11-21-55)51(83)66-34(27-70)50(82)60-24-41(74)62-32(49(81)59-26-43(76)64-37(47(56)79)30-87-54(2,3)4)15-10-12-22-57-39(72)17-8-7-16-38-46-36(29-86-38)67-53(85)68-46/h18-19,31-38,46,70-71H,5-17,20-30,55H2,1-4H3,(H2,56,79)(H,57,72)(H,58,80)(H,59,81)(H,60,82)(H,61,73)(H,62,74)(H,63,75)(H,64,76)(H,65,84)(H,66,83)(H2,67,68,85)/t31?,32?,33?,34?,35?,36?,37?,38-,46?/m0/s1. The second-order valence-electron chi connectivity index (χ2n) is 22.0. The van der Waals surface area contributed by atoms with Crippen LogP contribution in [0.2, 0.25) is 0 Å². The third kappa shape index (κ3) is 28.1. The van der Waals surface area contributed by atoms with Crippen molar-refractivity contribution in [3.8, 4) is 0 Å². The number of hydrogen-bond donors (Lipinski definition) is 16. The highest BCUT2D eigenvalue weighted by Gasteiger charge is 2.42. The van der Waals surface area contributed by atoms with Gasteiger partial charge in [0.05, 0.1) is 44.9 Å². The lowest BCUT2D eigenvalue weighted by atomic mass is 10.0. The van der Waals surface area contributed by atoms with E-state index in [0.717, 1.165) is 35.6 Å². The lowest BCUT2D eigenvalue weighted by Crippen LogP contribution is -2.59. The summed E-state index contributed by atoms with van der Waals surface area (Å²) in [6, 6.07) is -8.24. The Morgan fingerprint density at radius 2 is 1.10 bits per heavy atom. The van der Waals surface area contributed by atoms with Gasteiger partial charge in [-0.1, -0.05) is 47.0 Å². The molecule has 0 aromatic rings. The lowest BCUT2D eigenvalue weighted by Gasteiger charge is -2.24. The summed E-state index contributed by atoms with van der Waals surface area (Å²) in [6.07, 6.45) is 6.96. The fourth-order valence-corrected chi connectivity index (χ4v) is 11.4. The monoisotopic (exact) mass is 1270 g/mol. The van der Waals surface area contributed by atoms with Gasteiger partial charge in [0, 0.05) is 59.6 Å². The van der Waals surface area contributed by atoms with E-state index >= 15 is 0 Å². The average Bonchev–Trinajstić information content (AvgIpc) is 3.06. The Bertz CT molecular complexity index is 2430. The zero-order valence-electron chi connectivity index (χ0n) is 49.8. The van der Waals surface area contributed by atoms with Crippen LogP contribution in [0.1, 0.15) is 118 Å². The minimum atomic E-state index is -1.70. The van der Waals surface area contributed by atoms with Gasteiger partial charge < -0.3 is 85.5 Å². The van der Waals surface area contributed by atoms with Crippen LogP contribution in [0.15, 0.2) is 12.2 Å². The van der Waals surface area contributed by atoms with Crippen molar-refractivity contribution < 1.29 is 77.3 Å². The Labute approximate surface area is 514 Å². The predicted molar refractivity (Wildman–Crippen MR) is 320 cm³/mol. The van der Waals surface area contributed by atoms with E-state index in [0.29, 0.717) is 32.1 Å². The highest BCUT2D eigenvalue weighted by atomic mass is 32.2. The number of hydrogen-bond acceptors (Lipinski definition) is 19. The molecular weight excluding hydrogens is 1180 g/mol. The fourth-order valence-electron chi connectivity index (χ4n) is 8.97. The molecule has 3 aliphatic rings. The summed E-state index contributed by atoms with van der Waals surface area (Å²) in [4.78, 5) is 180. The average molecular weight is 1270 g/mol. The van der Waals surface area contributed by atoms with Crippen LogP contribution >= 0.6 is 23.5 Å². The molecule has 0 aromatic heterocycles. The van der Waals surface area contributed by atoms with Crippen LogP contribution in [0.25, 0.3) is 0 Å². The third-order valence-electron chi connectivity index (χ3n) is 13.8. The SMILES string of the molecule is CCCCC(NC(=O)CCN1C(=O)C=CC1=O)C(=O)NCC(=O)NC(CO)C(=O)NC(CCCCN)C(=O)NC(CO)C(=O)NCC(=O)NC(CCCCNC(=O)CCCC[C@@H]1SCC2NC(=O)NC21)C(=O)NCC(=O)NC(CSC(C)(C)C)C(N)=O. The van der Waals surface area contributed by atoms with Gasteiger partial charge in [0.2, 0.25) is 65.0 Å². The van der Waals surface area contributed by atoms with Crippen molar-refractivity contribution in [2.45, 2.75) is 176 Å². The Morgan fingerprint density at radius 3 is 1.66 bits per heavy atom. The molecule has 87 heavy (non-hydrogen) atoms. The number of carbonyl (C=O) groups excluding carboxylic acids is 14. The van der Waals surface area contributed by atoms with Crippen molar-refractivity contribution in [2.24, 2.45) is 11.5 Å². The van der Waals surface area contributed by atoms with Crippen molar-refractivity contribution in [2.75, 3.05) is 64.0 Å². The molecule has 0 bridgehead atoms. The first-order valence-electron chi connectivity index (χ1n) is 29.2. The first kappa shape index (κ1) is 74.2. The topological polar surface area (TPSA) is 479 Å². The number of amides is 15. The zero-order valence-corrected chi connectivity index (χ0v) is 51.5. The van der Waals surface area contributed by atoms with E-state index in [4.69, 9.17) is 11.5 Å². The number of urea groups is 1. The lowest BCUT2D eigenvalue weighted by molar-refractivity contribution is -0.138. The number of nitrogens with zero attached hydrogens (tertiary/aromatic N) is 1. The van der Waals surface area contributed by atoms with E-state index in [2.05, 4.69) is 63.8 Å². The summed E-state index contributed by atoms with van der Waals surface area (Å²) in [5.74, 6) is -9.03. The van der Waals surface area contributed by atoms with Gasteiger partial charge >= 0.3 is 6.03 Å². The van der Waals surface area contributed by atoms with Crippen LogP contribution in [0.4, 0.5) is 4.79 Å². The number of aliphatic hydroxyl groups excluding tert-OH is 2. The van der Waals surface area contributed by atoms with E-state index < -0.39 is 140 Å². The summed E-state index contributed by atoms with van der Waals surface area (Å²) in [5, 5.41) is 50.8. The van der Waals surface area contributed by atoms with Crippen molar-refractivity contribution in [1.29, 1.82) is 0 Å². The van der Waals surface area contributed by atoms with Gasteiger partial charge in [-0.3, -0.25) is 67.2 Å². The van der Waals surface area contributed by atoms with E-state index in [-0.39, 0.29) is 104 Å². The number of rotatable bonds is 42. The highest BCUT2D eigenvalue weighted by molar-refractivity contribution is 8.00. The first-order valence-corrected chi connectivity index (χ1v) is 31.3. The molecule has 0 spiro atoms. The van der Waals surface area contributed by atoms with Crippen molar-refractivity contribution >= 4 is 106 Å². The predicted octanol–water partition coefficient (Wildman–Crippen LogP) is -5.11. The molecule has 33 heteroatoms. The molecule has 3 heterocycles. The summed E-state index contributed by atoms with van der Waals surface area (Å²) in [6.45, 7) is 3.73. The molecule has 9 atom stereocenters. The molecule has 0 aromatic carbocycles. The maximum Gasteiger partial charge on any atom is 0.315 e. The fraction of sp³-hybridized carbons (Fsp3) is 0.704. The molecule has 2 saturated heterocycles. The number of nitrogens with two attached hydrogens (primary N) is 2. The zero-order chi connectivity index (χ0) is 64.6. The summed E-state index contributed by atoms with van der Waals surface area (Å²) in [5.41, 5.74) is 11.2. The molecule has 3 aliphatic heterocycles. The quantitative estimate of drug-likeness (QED) is 0.0154. The summed E-state index contributed by atoms with van der Waals surface area (Å²) < 4.78 is -0.258. The number of imide groups is 1. The van der Waals surface area contributed by atoms with Crippen LogP contribution in [0.5, 0.6) is 0 Å². The van der Waals surface area contributed by atoms with Crippen LogP contribution in [0.3, 0.4) is 0 Å². The maximum absolute atomic E-state index is 13.6. The molecular formula is C54H89N15O16S2. The minimum Gasteiger partial charge on any atom is -0.394 e. The number of fused-ring (bicyclic) bond motifs is 1. The second kappa shape index (κ2) is 38.9. The number of nitrogens with one attached hydrogen (secondary N) is 12. The number of primary amides is 1. The van der Waals surface area contributed by atoms with E-state index in [1.165, 1.54) is 11.8 Å². The van der Waals surface area contributed by atoms with Gasteiger partial charge in [0.25, 0.3) is 11.8 Å². The number of unbranched alkanes of at least 4 members (excludes halogenated alkanes) is 4. The Kier molecular flexibility index (Phi) is 33.2. The molecule has 3 rings (SSSR count). The van der Waals surface area contributed by atoms with Crippen LogP contribution in [0, 0.1) is 0 Å². The normalized spacial score (nSPS) is 18.0. The Morgan fingerprint density at radius 1 is 0.609 bits per heavy atom. The van der Waals surface area contributed by atoms with E-state index in [1.807, 2.05) is 27.7 Å². The largest absolute Gasteiger partial charge is 0.394 e. The van der Waals surface area contributed by atoms with Gasteiger partial charge in [-0.25, -0.2) is 4.79 Å². The summed E-state index contributed by atoms with van der Waals surface area (Å²) in [7, 11) is 0. The second-order valence-corrected chi connectivity index (χ2v) is 25.1. The van der Waals surface area contributed by atoms with Gasteiger partial charge in [0.15, 0.2) is 0 Å². The molecule has 18 N–H and O–H groups in total. The smallest absolute Gasteiger partial charge is 0.315 e. The molecule has 2 fully saturated rings. The minimum absolute atomic E-state index is 0.00224. The molecule has 488 valence electrons. The molecule has 8 unspecified atom stereocenters. The first-order chi connectivity index (χ1) is 41.3. The molecule has 0 saturated carbocycles. The molecule has 15 amide bonds. The molecule has 0 aliphatic carbocycles. The van der Waals surface area contributed by atoms with E-state index in [1.54, 1.807) is 11.8 Å². The number of carbonyl (C=O) groups is 14. The van der Waals surface area contributed by atoms with Crippen molar-refractivity contribution in [1.82, 2.24) is 68.7 Å². The van der Waals surface area contributed by atoms with Gasteiger partial charge in [-0.2, -0.15) is 23.5 Å². The van der Waals surface area contributed by atoms with Gasteiger partial charge in [-0.05, 0) is 64.3 Å². The summed E-state index contributed by atoms with van der Waals surface area (Å²) >= 11 is 3.18. The van der Waals surface area contributed by atoms with Crippen molar-refractivity contribution in [3.63, 3.8) is 0 Å². The van der Waals surface area contributed by atoms with Crippen molar-refractivity contribution in [3.05, 3.63) is 12.2 Å². The van der Waals surface area contributed by atoms with Gasteiger partial charge in [-0.15, -0.1) is 0 Å².